The summed E-state index contributed by atoms with van der Waals surface area (Å²) in [5, 5.41) is 25.3. The number of hydrogen-bond acceptors (Lipinski definition) is 5. The molecule has 3 aromatic rings. The van der Waals surface area contributed by atoms with Crippen molar-refractivity contribution in [2.75, 3.05) is 13.2 Å². The largest absolute Gasteiger partial charge is 0.395 e. The van der Waals surface area contributed by atoms with Crippen LogP contribution in [0, 0.1) is 5.92 Å². The van der Waals surface area contributed by atoms with Gasteiger partial charge in [0.25, 0.3) is 5.91 Å². The Kier molecular flexibility index (Phi) is 5.60. The number of hydrogen-bond donors (Lipinski definition) is 5. The minimum Gasteiger partial charge on any atom is -0.395 e. The molecule has 152 valence electrons. The molecule has 7 nitrogen and oxygen atoms in total. The summed E-state index contributed by atoms with van der Waals surface area (Å²) >= 11 is 7.35. The van der Waals surface area contributed by atoms with Crippen molar-refractivity contribution in [3.63, 3.8) is 0 Å². The third kappa shape index (κ3) is 3.89. The van der Waals surface area contributed by atoms with Gasteiger partial charge < -0.3 is 25.8 Å². The maximum Gasteiger partial charge on any atom is 0.268 e. The van der Waals surface area contributed by atoms with Crippen LogP contribution in [0.4, 0.5) is 0 Å². The fraction of sp³-hybridized carbons (Fsp3) is 0.300. The Bertz CT molecular complexity index is 1030. The van der Waals surface area contributed by atoms with Crippen LogP contribution in [0.25, 0.3) is 10.2 Å². The summed E-state index contributed by atoms with van der Waals surface area (Å²) in [5.41, 5.74) is 2.37. The van der Waals surface area contributed by atoms with E-state index in [1.807, 2.05) is 24.3 Å². The predicted octanol–water partition coefficient (Wildman–Crippen LogP) is 2.00. The number of aliphatic hydroxyl groups is 2. The Hall–Kier alpha value is -2.39. The zero-order valence-electron chi connectivity index (χ0n) is 15.3. The summed E-state index contributed by atoms with van der Waals surface area (Å²) in [4.78, 5) is 29.1. The Morgan fingerprint density at radius 1 is 1.21 bits per heavy atom. The smallest absolute Gasteiger partial charge is 0.268 e. The molecule has 5 N–H and O–H groups in total. The van der Waals surface area contributed by atoms with Crippen molar-refractivity contribution in [3.8, 4) is 0 Å². The predicted molar refractivity (Wildman–Crippen MR) is 111 cm³/mol. The molecule has 0 saturated heterocycles. The van der Waals surface area contributed by atoms with Crippen molar-refractivity contribution in [1.82, 2.24) is 15.6 Å². The second-order valence-corrected chi connectivity index (χ2v) is 8.73. The standard InChI is InChI=1S/C20H20ClN3O4S/c21-16-7-11-6-15(23-20(11)29-16)19(28)22-14-5-10-3-1-2-4-13(10)17(14)24-18(27)12(8-25)9-26/h1-4,6-7,12,14,17,23,25-26H,5,8-9H2,(H,22,28)(H,24,27)/t14-,17+/m1/s1. The Labute approximate surface area is 175 Å². The van der Waals surface area contributed by atoms with Crippen molar-refractivity contribution < 1.29 is 19.8 Å². The van der Waals surface area contributed by atoms with Crippen molar-refractivity contribution >= 4 is 45.0 Å². The number of halogens is 1. The number of nitrogens with one attached hydrogen (secondary N) is 3. The van der Waals surface area contributed by atoms with Gasteiger partial charge in [0.05, 0.1) is 35.6 Å². The molecule has 4 rings (SSSR count). The van der Waals surface area contributed by atoms with Gasteiger partial charge in [0.15, 0.2) is 0 Å². The molecule has 0 saturated carbocycles. The molecule has 9 heteroatoms. The van der Waals surface area contributed by atoms with Crippen LogP contribution in [-0.4, -0.2) is 46.3 Å². The molecule has 0 aliphatic heterocycles. The van der Waals surface area contributed by atoms with E-state index in [4.69, 9.17) is 11.6 Å². The van der Waals surface area contributed by atoms with E-state index >= 15 is 0 Å². The number of benzene rings is 1. The summed E-state index contributed by atoms with van der Waals surface area (Å²) < 4.78 is 0.648. The molecule has 2 atom stereocenters. The molecule has 2 amide bonds. The molecule has 0 fully saturated rings. The van der Waals surface area contributed by atoms with E-state index in [1.165, 1.54) is 11.3 Å². The van der Waals surface area contributed by atoms with E-state index in [-0.39, 0.29) is 11.9 Å². The zero-order chi connectivity index (χ0) is 20.5. The minimum absolute atomic E-state index is 0.276. The molecule has 0 spiro atoms. The van der Waals surface area contributed by atoms with Crippen LogP contribution in [0.3, 0.4) is 0 Å². The summed E-state index contributed by atoms with van der Waals surface area (Å²) in [6, 6.07) is 10.4. The number of aromatic nitrogens is 1. The van der Waals surface area contributed by atoms with Crippen molar-refractivity contribution in [1.29, 1.82) is 0 Å². The van der Waals surface area contributed by atoms with Gasteiger partial charge in [-0.05, 0) is 29.7 Å². The molecule has 29 heavy (non-hydrogen) atoms. The van der Waals surface area contributed by atoms with Crippen LogP contribution >= 0.6 is 22.9 Å². The first-order valence-corrected chi connectivity index (χ1v) is 10.4. The number of aromatic amines is 1. The third-order valence-electron chi connectivity index (χ3n) is 5.18. The number of thiophene rings is 1. The molecular weight excluding hydrogens is 414 g/mol. The van der Waals surface area contributed by atoms with Crippen LogP contribution in [-0.2, 0) is 11.2 Å². The van der Waals surface area contributed by atoms with Crippen LogP contribution < -0.4 is 10.6 Å². The van der Waals surface area contributed by atoms with Crippen molar-refractivity contribution in [2.24, 2.45) is 5.92 Å². The molecule has 1 aliphatic carbocycles. The van der Waals surface area contributed by atoms with Gasteiger partial charge in [0.2, 0.25) is 5.91 Å². The zero-order valence-corrected chi connectivity index (χ0v) is 16.9. The second-order valence-electron chi connectivity index (χ2n) is 7.05. The van der Waals surface area contributed by atoms with Gasteiger partial charge in [-0.1, -0.05) is 35.9 Å². The van der Waals surface area contributed by atoms with E-state index in [1.54, 1.807) is 12.1 Å². The normalized spacial score (nSPS) is 18.2. The quantitative estimate of drug-likeness (QED) is 0.409. The lowest BCUT2D eigenvalue weighted by Crippen LogP contribution is -2.46. The fourth-order valence-electron chi connectivity index (χ4n) is 3.66. The van der Waals surface area contributed by atoms with Gasteiger partial charge in [-0.15, -0.1) is 11.3 Å². The van der Waals surface area contributed by atoms with E-state index in [0.717, 1.165) is 21.3 Å². The van der Waals surface area contributed by atoms with Crippen LogP contribution in [0.1, 0.15) is 27.7 Å². The third-order valence-corrected chi connectivity index (χ3v) is 6.38. The van der Waals surface area contributed by atoms with E-state index in [0.29, 0.717) is 16.5 Å². The lowest BCUT2D eigenvalue weighted by molar-refractivity contribution is -0.128. The SMILES string of the molecule is O=C(N[C@@H]1Cc2ccccc2[C@@H]1NC(=O)C(CO)CO)c1cc2cc(Cl)sc2[nH]1. The summed E-state index contributed by atoms with van der Waals surface area (Å²) in [7, 11) is 0. The average molecular weight is 434 g/mol. The maximum atomic E-state index is 12.8. The molecule has 0 radical (unpaired) electrons. The molecule has 1 aromatic carbocycles. The van der Waals surface area contributed by atoms with Gasteiger partial charge in [0, 0.05) is 5.39 Å². The van der Waals surface area contributed by atoms with E-state index < -0.39 is 31.1 Å². The summed E-state index contributed by atoms with van der Waals surface area (Å²) in [6.45, 7) is -0.898. The summed E-state index contributed by atoms with van der Waals surface area (Å²) in [5.74, 6) is -1.63. The number of fused-ring (bicyclic) bond motifs is 2. The van der Waals surface area contributed by atoms with E-state index in [9.17, 15) is 19.8 Å². The topological polar surface area (TPSA) is 114 Å². The highest BCUT2D eigenvalue weighted by Crippen LogP contribution is 2.33. The molecule has 2 aromatic heterocycles. The highest BCUT2D eigenvalue weighted by atomic mass is 35.5. The van der Waals surface area contributed by atoms with Crippen LogP contribution in [0.5, 0.6) is 0 Å². The number of carbonyl (C=O) groups is 2. The van der Waals surface area contributed by atoms with Gasteiger partial charge in [-0.25, -0.2) is 0 Å². The lowest BCUT2D eigenvalue weighted by Gasteiger charge is -2.24. The Morgan fingerprint density at radius 3 is 2.69 bits per heavy atom. The monoisotopic (exact) mass is 433 g/mol. The molecule has 2 heterocycles. The fourth-order valence-corrected chi connectivity index (χ4v) is 4.79. The number of H-pyrrole nitrogens is 1. The number of rotatable bonds is 6. The Balaban J connectivity index is 1.55. The number of aliphatic hydroxyl groups excluding tert-OH is 2. The minimum atomic E-state index is -0.904. The number of amides is 2. The highest BCUT2D eigenvalue weighted by Gasteiger charge is 2.35. The molecule has 1 aliphatic rings. The second kappa shape index (κ2) is 8.16. The van der Waals surface area contributed by atoms with Gasteiger partial charge in [-0.2, -0.15) is 0 Å². The lowest BCUT2D eigenvalue weighted by atomic mass is 10.0. The van der Waals surface area contributed by atoms with E-state index in [2.05, 4.69) is 15.6 Å². The number of carbonyl (C=O) groups excluding carboxylic acids is 2. The molecular formula is C20H20ClN3O4S. The van der Waals surface area contributed by atoms with Gasteiger partial charge >= 0.3 is 0 Å². The summed E-state index contributed by atoms with van der Waals surface area (Å²) in [6.07, 6.45) is 0.566. The highest BCUT2D eigenvalue weighted by molar-refractivity contribution is 7.22. The molecule has 0 unspecified atom stereocenters. The van der Waals surface area contributed by atoms with Crippen molar-refractivity contribution in [2.45, 2.75) is 18.5 Å². The van der Waals surface area contributed by atoms with Gasteiger partial charge in [0.1, 0.15) is 10.5 Å². The Morgan fingerprint density at radius 2 is 1.97 bits per heavy atom. The van der Waals surface area contributed by atoms with Crippen molar-refractivity contribution in [3.05, 3.63) is 57.6 Å². The van der Waals surface area contributed by atoms with Gasteiger partial charge in [-0.3, -0.25) is 9.59 Å². The van der Waals surface area contributed by atoms with Crippen LogP contribution in [0.15, 0.2) is 36.4 Å². The first-order chi connectivity index (χ1) is 14.0. The maximum absolute atomic E-state index is 12.8. The van der Waals surface area contributed by atoms with Crippen LogP contribution in [0.2, 0.25) is 4.34 Å². The first kappa shape index (κ1) is 19.9. The molecule has 0 bridgehead atoms. The average Bonchev–Trinajstić information content (AvgIpc) is 3.34. The first-order valence-electron chi connectivity index (χ1n) is 9.19.